The molecule has 0 saturated heterocycles. The van der Waals surface area contributed by atoms with Crippen LogP contribution in [0.1, 0.15) is 22.8 Å². The van der Waals surface area contributed by atoms with Gasteiger partial charge in [-0.05, 0) is 54.4 Å². The first-order chi connectivity index (χ1) is 14.5. The molecule has 0 bridgehead atoms. The summed E-state index contributed by atoms with van der Waals surface area (Å²) in [6.07, 6.45) is 0. The highest BCUT2D eigenvalue weighted by molar-refractivity contribution is 7.16. The summed E-state index contributed by atoms with van der Waals surface area (Å²) in [5, 5.41) is 2.66. The van der Waals surface area contributed by atoms with E-state index in [2.05, 4.69) is 11.1 Å². The van der Waals surface area contributed by atoms with Gasteiger partial charge in [0.25, 0.3) is 5.91 Å². The lowest BCUT2D eigenvalue weighted by Crippen LogP contribution is -2.19. The number of carbonyl (C=O) groups is 1. The number of aromatic nitrogens is 1. The van der Waals surface area contributed by atoms with Gasteiger partial charge < -0.3 is 8.98 Å². The van der Waals surface area contributed by atoms with Gasteiger partial charge in [-0.3, -0.25) is 4.79 Å². The Labute approximate surface area is 175 Å². The van der Waals surface area contributed by atoms with Gasteiger partial charge in [0.15, 0.2) is 4.80 Å². The summed E-state index contributed by atoms with van der Waals surface area (Å²) >= 11 is 1.44. The minimum Gasteiger partial charge on any atom is -0.422 e. The third-order valence-corrected chi connectivity index (χ3v) is 6.27. The Kier molecular flexibility index (Phi) is 4.37. The molecule has 0 aliphatic rings. The number of carbonyl (C=O) groups excluding carboxylic acids is 1. The van der Waals surface area contributed by atoms with Crippen LogP contribution in [0.15, 0.2) is 74.9 Å². The first-order valence-electron chi connectivity index (χ1n) is 9.70. The van der Waals surface area contributed by atoms with Gasteiger partial charge in [0.05, 0.1) is 10.2 Å². The van der Waals surface area contributed by atoms with E-state index in [4.69, 9.17) is 4.42 Å². The Morgan fingerprint density at radius 1 is 1.07 bits per heavy atom. The van der Waals surface area contributed by atoms with Crippen molar-refractivity contribution in [3.63, 3.8) is 0 Å². The molecular formula is C24H18N2O3S. The molecule has 5 rings (SSSR count). The van der Waals surface area contributed by atoms with Crippen molar-refractivity contribution in [2.24, 2.45) is 4.99 Å². The molecule has 0 radical (unpaired) electrons. The molecule has 148 valence electrons. The molecule has 0 aliphatic heterocycles. The Bertz CT molecular complexity index is 1590. The van der Waals surface area contributed by atoms with E-state index in [1.807, 2.05) is 60.9 Å². The lowest BCUT2D eigenvalue weighted by molar-refractivity contribution is 0.0994. The normalized spacial score (nSPS) is 12.3. The number of hydrogen-bond donors (Lipinski definition) is 0. The van der Waals surface area contributed by atoms with Crippen LogP contribution < -0.4 is 10.4 Å². The lowest BCUT2D eigenvalue weighted by Gasteiger charge is -2.04. The van der Waals surface area contributed by atoms with Crippen molar-refractivity contribution in [1.82, 2.24) is 4.57 Å². The van der Waals surface area contributed by atoms with Crippen molar-refractivity contribution in [3.8, 4) is 0 Å². The quantitative estimate of drug-likeness (QED) is 0.301. The Morgan fingerprint density at radius 3 is 2.73 bits per heavy atom. The largest absolute Gasteiger partial charge is 0.422 e. The minimum atomic E-state index is -0.675. The zero-order valence-electron chi connectivity index (χ0n) is 16.5. The Hall–Kier alpha value is -3.51. The monoisotopic (exact) mass is 414 g/mol. The second-order valence-electron chi connectivity index (χ2n) is 7.16. The van der Waals surface area contributed by atoms with Crippen molar-refractivity contribution in [1.29, 1.82) is 0 Å². The molecule has 0 unspecified atom stereocenters. The fourth-order valence-electron chi connectivity index (χ4n) is 3.74. The van der Waals surface area contributed by atoms with Crippen LogP contribution in [0.25, 0.3) is 32.0 Å². The number of fused-ring (bicyclic) bond motifs is 4. The predicted molar refractivity (Wildman–Crippen MR) is 120 cm³/mol. The van der Waals surface area contributed by atoms with E-state index in [1.54, 1.807) is 12.1 Å². The smallest absolute Gasteiger partial charge is 0.349 e. The maximum atomic E-state index is 13.0. The molecule has 5 aromatic rings. The van der Waals surface area contributed by atoms with Crippen LogP contribution in [-0.4, -0.2) is 10.5 Å². The Balaban J connectivity index is 1.72. The van der Waals surface area contributed by atoms with Crippen molar-refractivity contribution in [2.45, 2.75) is 20.4 Å². The van der Waals surface area contributed by atoms with Crippen LogP contribution in [0.4, 0.5) is 0 Å². The third-order valence-electron chi connectivity index (χ3n) is 5.22. The summed E-state index contributed by atoms with van der Waals surface area (Å²) in [7, 11) is 0. The third kappa shape index (κ3) is 2.97. The predicted octanol–water partition coefficient (Wildman–Crippen LogP) is 5.03. The van der Waals surface area contributed by atoms with E-state index < -0.39 is 11.5 Å². The van der Waals surface area contributed by atoms with E-state index in [9.17, 15) is 9.59 Å². The number of aryl methyl sites for hydroxylation is 2. The first kappa shape index (κ1) is 18.5. The van der Waals surface area contributed by atoms with Crippen molar-refractivity contribution >= 4 is 49.2 Å². The number of amides is 1. The summed E-state index contributed by atoms with van der Waals surface area (Å²) in [6, 6.07) is 19.2. The molecular weight excluding hydrogens is 396 g/mol. The molecule has 0 fully saturated rings. The van der Waals surface area contributed by atoms with E-state index in [1.165, 1.54) is 11.3 Å². The van der Waals surface area contributed by atoms with Crippen molar-refractivity contribution in [3.05, 3.63) is 87.0 Å². The second-order valence-corrected chi connectivity index (χ2v) is 8.17. The van der Waals surface area contributed by atoms with Gasteiger partial charge >= 0.3 is 5.63 Å². The number of thiazole rings is 1. The first-order valence-corrected chi connectivity index (χ1v) is 10.5. The number of benzene rings is 3. The van der Waals surface area contributed by atoms with Gasteiger partial charge in [-0.15, -0.1) is 0 Å². The highest BCUT2D eigenvalue weighted by Crippen LogP contribution is 2.25. The molecule has 5 nitrogen and oxygen atoms in total. The van der Waals surface area contributed by atoms with Crippen LogP contribution in [0.2, 0.25) is 0 Å². The van der Waals surface area contributed by atoms with E-state index in [0.29, 0.717) is 16.9 Å². The average molecular weight is 414 g/mol. The molecule has 0 N–H and O–H groups in total. The van der Waals surface area contributed by atoms with Crippen LogP contribution in [0.5, 0.6) is 0 Å². The van der Waals surface area contributed by atoms with Gasteiger partial charge in [0, 0.05) is 11.9 Å². The maximum Gasteiger partial charge on any atom is 0.349 e. The summed E-state index contributed by atoms with van der Waals surface area (Å²) in [5.74, 6) is -0.593. The SMILES string of the molecule is CCn1c(=NC(=O)c2cc3c(ccc4ccccc43)oc2=O)sc2cc(C)ccc21. The minimum absolute atomic E-state index is 0.0601. The number of rotatable bonds is 2. The van der Waals surface area contributed by atoms with Gasteiger partial charge in [-0.1, -0.05) is 47.7 Å². The standard InChI is InChI=1S/C24H18N2O3S/c1-3-26-19-10-8-14(2)12-21(19)30-24(26)25-22(27)18-13-17-16-7-5-4-6-15(16)9-11-20(17)29-23(18)28/h4-13H,3H2,1-2H3. The molecule has 30 heavy (non-hydrogen) atoms. The topological polar surface area (TPSA) is 64.6 Å². The van der Waals surface area contributed by atoms with Gasteiger partial charge in [0.2, 0.25) is 0 Å². The zero-order chi connectivity index (χ0) is 20.8. The van der Waals surface area contributed by atoms with E-state index in [-0.39, 0.29) is 5.56 Å². The van der Waals surface area contributed by atoms with Crippen molar-refractivity contribution < 1.29 is 9.21 Å². The summed E-state index contributed by atoms with van der Waals surface area (Å²) in [5.41, 5.74) is 1.89. The lowest BCUT2D eigenvalue weighted by atomic mass is 10.0. The molecule has 0 spiro atoms. The fraction of sp³-hybridized carbons (Fsp3) is 0.125. The average Bonchev–Trinajstić information content (AvgIpc) is 3.08. The van der Waals surface area contributed by atoms with Crippen LogP contribution in [0.3, 0.4) is 0 Å². The van der Waals surface area contributed by atoms with Crippen LogP contribution in [-0.2, 0) is 6.54 Å². The Morgan fingerprint density at radius 2 is 1.90 bits per heavy atom. The molecule has 1 amide bonds. The molecule has 3 aromatic carbocycles. The second kappa shape index (κ2) is 7.07. The van der Waals surface area contributed by atoms with E-state index in [0.717, 1.165) is 31.9 Å². The highest BCUT2D eigenvalue weighted by atomic mass is 32.1. The molecule has 6 heteroatoms. The summed E-state index contributed by atoms with van der Waals surface area (Å²) in [6.45, 7) is 4.71. The van der Waals surface area contributed by atoms with Gasteiger partial charge in [-0.25, -0.2) is 4.79 Å². The molecule has 2 aromatic heterocycles. The maximum absolute atomic E-state index is 13.0. The zero-order valence-corrected chi connectivity index (χ0v) is 17.3. The van der Waals surface area contributed by atoms with Crippen LogP contribution >= 0.6 is 11.3 Å². The molecule has 0 aliphatic carbocycles. The summed E-state index contributed by atoms with van der Waals surface area (Å²) in [4.78, 5) is 30.4. The summed E-state index contributed by atoms with van der Waals surface area (Å²) < 4.78 is 8.49. The fourth-order valence-corrected chi connectivity index (χ4v) is 4.93. The number of hydrogen-bond acceptors (Lipinski definition) is 4. The number of nitrogens with zero attached hydrogens (tertiary/aromatic N) is 2. The molecule has 0 saturated carbocycles. The molecule has 2 heterocycles. The van der Waals surface area contributed by atoms with Crippen LogP contribution in [0, 0.1) is 6.92 Å². The van der Waals surface area contributed by atoms with Gasteiger partial charge in [-0.2, -0.15) is 4.99 Å². The van der Waals surface area contributed by atoms with Gasteiger partial charge in [0.1, 0.15) is 11.1 Å². The van der Waals surface area contributed by atoms with Crippen molar-refractivity contribution in [2.75, 3.05) is 0 Å². The van der Waals surface area contributed by atoms with E-state index >= 15 is 0 Å². The highest BCUT2D eigenvalue weighted by Gasteiger charge is 2.15. The molecule has 0 atom stereocenters.